The summed E-state index contributed by atoms with van der Waals surface area (Å²) in [5.74, 6) is 0.668. The van der Waals surface area contributed by atoms with Crippen molar-refractivity contribution in [2.24, 2.45) is 0 Å². The number of methoxy groups -OCH3 is 1. The molecule has 0 aliphatic carbocycles. The van der Waals surface area contributed by atoms with Crippen molar-refractivity contribution in [1.29, 1.82) is 0 Å². The van der Waals surface area contributed by atoms with E-state index >= 15 is 0 Å². The third-order valence-corrected chi connectivity index (χ3v) is 0.858. The Balaban J connectivity index is 3.58. The van der Waals surface area contributed by atoms with Gasteiger partial charge < -0.3 is 4.74 Å². The molecule has 3 heteroatoms. The van der Waals surface area contributed by atoms with E-state index in [-0.39, 0.29) is 6.42 Å². The van der Waals surface area contributed by atoms with Gasteiger partial charge in [0, 0.05) is 13.5 Å². The van der Waals surface area contributed by atoms with E-state index in [1.54, 1.807) is 13.8 Å². The average molecular weight is 137 g/mol. The largest absolute Gasteiger partial charge is 0.356 e. The van der Waals surface area contributed by atoms with Crippen LogP contribution in [-0.4, -0.2) is 13.2 Å². The van der Waals surface area contributed by atoms with Gasteiger partial charge in [0.05, 0.1) is 0 Å². The number of alkyl halides is 2. The lowest BCUT2D eigenvalue weighted by Crippen LogP contribution is -2.19. The molecule has 0 saturated carbocycles. The summed E-state index contributed by atoms with van der Waals surface area (Å²) in [5, 5.41) is 0. The average Bonchev–Trinajstić information content (AvgIpc) is 1.63. The van der Waals surface area contributed by atoms with E-state index in [4.69, 9.17) is 0 Å². The quantitative estimate of drug-likeness (QED) is 0.579. The first-order valence-corrected chi connectivity index (χ1v) is 2.70. The van der Waals surface area contributed by atoms with Crippen LogP contribution in [0, 0.1) is 5.92 Å². The van der Waals surface area contributed by atoms with Crippen molar-refractivity contribution in [3.63, 3.8) is 0 Å². The smallest absolute Gasteiger partial charge is 0.324 e. The van der Waals surface area contributed by atoms with E-state index in [2.05, 4.69) is 4.74 Å². The summed E-state index contributed by atoms with van der Waals surface area (Å²) in [4.78, 5) is 0. The van der Waals surface area contributed by atoms with Gasteiger partial charge in [0.25, 0.3) is 0 Å². The highest BCUT2D eigenvalue weighted by atomic mass is 19.3. The van der Waals surface area contributed by atoms with Crippen LogP contribution in [0.4, 0.5) is 8.78 Å². The first-order valence-electron chi connectivity index (χ1n) is 2.70. The van der Waals surface area contributed by atoms with Gasteiger partial charge in [0.2, 0.25) is 0 Å². The number of halogens is 2. The van der Waals surface area contributed by atoms with Crippen LogP contribution < -0.4 is 0 Å². The Bertz CT molecular complexity index is 81.1. The number of hydrogen-bond donors (Lipinski definition) is 0. The second-order valence-electron chi connectivity index (χ2n) is 2.23. The zero-order chi connectivity index (χ0) is 7.49. The van der Waals surface area contributed by atoms with Crippen molar-refractivity contribution in [3.05, 3.63) is 5.92 Å². The van der Waals surface area contributed by atoms with E-state index in [9.17, 15) is 8.78 Å². The van der Waals surface area contributed by atoms with Gasteiger partial charge in [-0.3, -0.25) is 0 Å². The Morgan fingerprint density at radius 3 is 2.00 bits per heavy atom. The molecule has 0 rings (SSSR count). The first kappa shape index (κ1) is 8.82. The molecule has 0 aliphatic heterocycles. The molecule has 9 heavy (non-hydrogen) atoms. The summed E-state index contributed by atoms with van der Waals surface area (Å²) < 4.78 is 28.2. The van der Waals surface area contributed by atoms with Crippen LogP contribution in [0.3, 0.4) is 0 Å². The second-order valence-corrected chi connectivity index (χ2v) is 2.23. The lowest BCUT2D eigenvalue weighted by atomic mass is 10.1. The minimum Gasteiger partial charge on any atom is -0.324 e. The van der Waals surface area contributed by atoms with Gasteiger partial charge in [0.15, 0.2) is 0 Å². The van der Waals surface area contributed by atoms with Crippen LogP contribution in [0.1, 0.15) is 20.3 Å². The zero-order valence-corrected chi connectivity index (χ0v) is 5.87. The summed E-state index contributed by atoms with van der Waals surface area (Å²) in [5.41, 5.74) is 0. The van der Waals surface area contributed by atoms with Crippen LogP contribution in [0.15, 0.2) is 0 Å². The normalized spacial score (nSPS) is 12.7. The fourth-order valence-corrected chi connectivity index (χ4v) is 0.484. The molecule has 0 spiro atoms. The Kier molecular flexibility index (Phi) is 3.04. The molecule has 0 N–H and O–H groups in total. The molecule has 0 heterocycles. The molecule has 0 aromatic rings. The van der Waals surface area contributed by atoms with E-state index in [1.165, 1.54) is 0 Å². The van der Waals surface area contributed by atoms with Gasteiger partial charge in [-0.05, 0) is 5.92 Å². The maximum Gasteiger partial charge on any atom is 0.356 e. The molecule has 0 unspecified atom stereocenters. The maximum atomic E-state index is 12.2. The molecular formula is C6H11F2O. The predicted molar refractivity (Wildman–Crippen MR) is 31.2 cm³/mol. The van der Waals surface area contributed by atoms with Crippen LogP contribution in [0.5, 0.6) is 0 Å². The standard InChI is InChI=1S/C6H11F2O/c1-5(2)4-6(7,8)9-3/h4H2,1-3H3. The minimum absolute atomic E-state index is 0.288. The molecule has 55 valence electrons. The van der Waals surface area contributed by atoms with Crippen LogP contribution in [0.2, 0.25) is 0 Å². The van der Waals surface area contributed by atoms with Gasteiger partial charge in [-0.2, -0.15) is 8.78 Å². The summed E-state index contributed by atoms with van der Waals surface area (Å²) in [6.07, 6.45) is -3.26. The topological polar surface area (TPSA) is 9.23 Å². The van der Waals surface area contributed by atoms with Crippen molar-refractivity contribution in [2.45, 2.75) is 26.4 Å². The third kappa shape index (κ3) is 4.33. The SMILES string of the molecule is COC(F)(F)C[C](C)C. The highest BCUT2D eigenvalue weighted by molar-refractivity contribution is 4.80. The summed E-state index contributed by atoms with van der Waals surface area (Å²) in [6, 6.07) is 0. The van der Waals surface area contributed by atoms with Crippen LogP contribution >= 0.6 is 0 Å². The van der Waals surface area contributed by atoms with Crippen LogP contribution in [0.25, 0.3) is 0 Å². The van der Waals surface area contributed by atoms with Crippen molar-refractivity contribution in [2.75, 3.05) is 7.11 Å². The number of ether oxygens (including phenoxy) is 1. The Labute approximate surface area is 54.0 Å². The molecular weight excluding hydrogens is 126 g/mol. The summed E-state index contributed by atoms with van der Waals surface area (Å²) >= 11 is 0. The Morgan fingerprint density at radius 1 is 1.44 bits per heavy atom. The lowest BCUT2D eigenvalue weighted by molar-refractivity contribution is -0.222. The fraction of sp³-hybridized carbons (Fsp3) is 0.833. The van der Waals surface area contributed by atoms with Gasteiger partial charge in [-0.15, -0.1) is 0 Å². The van der Waals surface area contributed by atoms with E-state index < -0.39 is 6.11 Å². The fourth-order valence-electron chi connectivity index (χ4n) is 0.484. The Hall–Kier alpha value is -0.180. The molecule has 1 radical (unpaired) electrons. The molecule has 0 atom stereocenters. The van der Waals surface area contributed by atoms with Crippen molar-refractivity contribution in [3.8, 4) is 0 Å². The predicted octanol–water partition coefficient (Wildman–Crippen LogP) is 2.23. The van der Waals surface area contributed by atoms with E-state index in [1.807, 2.05) is 0 Å². The lowest BCUT2D eigenvalue weighted by Gasteiger charge is -2.14. The zero-order valence-electron chi connectivity index (χ0n) is 5.87. The van der Waals surface area contributed by atoms with Crippen molar-refractivity contribution < 1.29 is 13.5 Å². The van der Waals surface area contributed by atoms with Crippen LogP contribution in [-0.2, 0) is 4.74 Å². The second kappa shape index (κ2) is 3.11. The third-order valence-electron chi connectivity index (χ3n) is 0.858. The number of hydrogen-bond acceptors (Lipinski definition) is 1. The first-order chi connectivity index (χ1) is 3.98. The molecule has 1 nitrogen and oxygen atoms in total. The van der Waals surface area contributed by atoms with Gasteiger partial charge in [-0.1, -0.05) is 13.8 Å². The molecule has 0 aliphatic rings. The van der Waals surface area contributed by atoms with E-state index in [0.717, 1.165) is 7.11 Å². The summed E-state index contributed by atoms with van der Waals surface area (Å²) in [6.45, 7) is 3.29. The molecule has 0 fully saturated rings. The molecule has 0 aromatic heterocycles. The number of rotatable bonds is 3. The molecule has 0 aromatic carbocycles. The van der Waals surface area contributed by atoms with Gasteiger partial charge in [0.1, 0.15) is 0 Å². The molecule has 0 saturated heterocycles. The highest BCUT2D eigenvalue weighted by Gasteiger charge is 2.28. The van der Waals surface area contributed by atoms with Gasteiger partial charge >= 0.3 is 6.11 Å². The van der Waals surface area contributed by atoms with E-state index in [0.29, 0.717) is 5.92 Å². The Morgan fingerprint density at radius 2 is 1.89 bits per heavy atom. The monoisotopic (exact) mass is 137 g/mol. The minimum atomic E-state index is -2.97. The van der Waals surface area contributed by atoms with Crippen molar-refractivity contribution in [1.82, 2.24) is 0 Å². The van der Waals surface area contributed by atoms with Crippen molar-refractivity contribution >= 4 is 0 Å². The summed E-state index contributed by atoms with van der Waals surface area (Å²) in [7, 11) is 1.00. The molecule has 0 bridgehead atoms. The van der Waals surface area contributed by atoms with Gasteiger partial charge in [-0.25, -0.2) is 0 Å². The maximum absolute atomic E-state index is 12.2. The molecule has 0 amide bonds. The highest BCUT2D eigenvalue weighted by Crippen LogP contribution is 2.24.